The number of ether oxygens (including phenoxy) is 3. The normalized spacial score (nSPS) is 9.93. The number of carbonyl (C=O) groups is 2. The minimum atomic E-state index is -3.05. The van der Waals surface area contributed by atoms with Crippen molar-refractivity contribution in [1.29, 1.82) is 10.5 Å². The van der Waals surface area contributed by atoms with Gasteiger partial charge in [-0.25, -0.2) is 4.79 Å². The van der Waals surface area contributed by atoms with E-state index in [2.05, 4.69) is 4.74 Å². The van der Waals surface area contributed by atoms with E-state index < -0.39 is 25.1 Å². The number of rotatable bonds is 11. The number of esters is 1. The van der Waals surface area contributed by atoms with Crippen LogP contribution in [0.2, 0.25) is 0 Å². The lowest BCUT2D eigenvalue weighted by Crippen LogP contribution is -2.36. The summed E-state index contributed by atoms with van der Waals surface area (Å²) in [6.07, 6.45) is 0.156. The summed E-state index contributed by atoms with van der Waals surface area (Å²) in [4.78, 5) is 25.5. The van der Waals surface area contributed by atoms with Gasteiger partial charge in [0.25, 0.3) is 5.91 Å². The number of amides is 1. The highest BCUT2D eigenvalue weighted by Crippen LogP contribution is 2.30. The van der Waals surface area contributed by atoms with E-state index in [1.165, 1.54) is 17.0 Å². The number of carbonyl (C=O) groups excluding carboxylic acids is 2. The minimum absolute atomic E-state index is 0.0153. The van der Waals surface area contributed by atoms with Crippen molar-refractivity contribution in [2.45, 2.75) is 26.4 Å². The van der Waals surface area contributed by atoms with Crippen molar-refractivity contribution >= 4 is 11.9 Å². The van der Waals surface area contributed by atoms with Crippen molar-refractivity contribution in [3.8, 4) is 23.6 Å². The zero-order valence-electron chi connectivity index (χ0n) is 15.2. The van der Waals surface area contributed by atoms with Crippen molar-refractivity contribution in [1.82, 2.24) is 4.90 Å². The molecule has 0 aliphatic carbocycles. The average Bonchev–Trinajstić information content (AvgIpc) is 2.67. The molecule has 0 saturated carbocycles. The van der Waals surface area contributed by atoms with E-state index in [0.29, 0.717) is 0 Å². The number of alkyl halides is 2. The summed E-state index contributed by atoms with van der Waals surface area (Å²) in [6, 6.07) is 7.31. The van der Waals surface area contributed by atoms with Gasteiger partial charge in [-0.1, -0.05) is 0 Å². The highest BCUT2D eigenvalue weighted by Gasteiger charge is 2.18. The molecule has 28 heavy (non-hydrogen) atoms. The Morgan fingerprint density at radius 3 is 2.32 bits per heavy atom. The molecular weight excluding hydrogens is 376 g/mol. The minimum Gasteiger partial charge on any atom is -0.490 e. The molecule has 8 nitrogen and oxygen atoms in total. The lowest BCUT2D eigenvalue weighted by molar-refractivity contribution is -0.134. The van der Waals surface area contributed by atoms with Crippen LogP contribution in [0, 0.1) is 22.7 Å². The van der Waals surface area contributed by atoms with Crippen molar-refractivity contribution in [2.24, 2.45) is 0 Å². The third kappa shape index (κ3) is 7.46. The summed E-state index contributed by atoms with van der Waals surface area (Å²) in [7, 11) is 0. The summed E-state index contributed by atoms with van der Waals surface area (Å²) >= 11 is 0. The molecule has 10 heteroatoms. The highest BCUT2D eigenvalue weighted by atomic mass is 19.3. The number of nitriles is 2. The molecule has 0 radical (unpaired) electrons. The van der Waals surface area contributed by atoms with Gasteiger partial charge in [-0.15, -0.1) is 0 Å². The summed E-state index contributed by atoms with van der Waals surface area (Å²) in [5.41, 5.74) is -0.0153. The molecule has 0 aliphatic rings. The molecule has 0 spiro atoms. The van der Waals surface area contributed by atoms with Crippen LogP contribution >= 0.6 is 0 Å². The number of hydrogen-bond acceptors (Lipinski definition) is 7. The Hall–Kier alpha value is -3.40. The van der Waals surface area contributed by atoms with Gasteiger partial charge in [0.2, 0.25) is 0 Å². The molecule has 1 aromatic carbocycles. The van der Waals surface area contributed by atoms with Gasteiger partial charge in [-0.2, -0.15) is 19.3 Å². The van der Waals surface area contributed by atoms with Crippen LogP contribution in [0.3, 0.4) is 0 Å². The molecular formula is C18H19F2N3O5. The van der Waals surface area contributed by atoms with E-state index >= 15 is 0 Å². The lowest BCUT2D eigenvalue weighted by atomic mass is 10.2. The maximum Gasteiger partial charge on any atom is 0.387 e. The highest BCUT2D eigenvalue weighted by molar-refractivity contribution is 5.92. The SMILES string of the molecule is CCOc1cc(C(=O)OCC(=O)N(CCC#N)CCC#N)ccc1OC(F)F. The van der Waals surface area contributed by atoms with E-state index in [0.717, 1.165) is 6.07 Å². The fourth-order valence-corrected chi connectivity index (χ4v) is 2.13. The molecule has 1 rings (SSSR count). The number of hydrogen-bond donors (Lipinski definition) is 0. The van der Waals surface area contributed by atoms with Crippen molar-refractivity contribution in [2.75, 3.05) is 26.3 Å². The van der Waals surface area contributed by atoms with Crippen LogP contribution < -0.4 is 9.47 Å². The van der Waals surface area contributed by atoms with Crippen LogP contribution in [0.25, 0.3) is 0 Å². The van der Waals surface area contributed by atoms with Gasteiger partial charge in [0.1, 0.15) is 0 Å². The van der Waals surface area contributed by atoms with Crippen molar-refractivity contribution < 1.29 is 32.6 Å². The van der Waals surface area contributed by atoms with E-state index in [9.17, 15) is 18.4 Å². The maximum absolute atomic E-state index is 12.4. The molecule has 1 amide bonds. The maximum atomic E-state index is 12.4. The van der Waals surface area contributed by atoms with Crippen LogP contribution in [0.4, 0.5) is 8.78 Å². The molecule has 1 aromatic rings. The predicted molar refractivity (Wildman–Crippen MR) is 91.6 cm³/mol. The summed E-state index contributed by atoms with van der Waals surface area (Å²) in [5.74, 6) is -1.71. The second-order valence-corrected chi connectivity index (χ2v) is 5.25. The van der Waals surface area contributed by atoms with Gasteiger partial charge in [0.15, 0.2) is 18.1 Å². The summed E-state index contributed by atoms with van der Waals surface area (Å²) in [5, 5.41) is 17.3. The molecule has 0 heterocycles. The molecule has 0 atom stereocenters. The predicted octanol–water partition coefficient (Wildman–Crippen LogP) is 2.50. The Morgan fingerprint density at radius 2 is 1.79 bits per heavy atom. The fraction of sp³-hybridized carbons (Fsp3) is 0.444. The molecule has 0 aromatic heterocycles. The third-order valence-corrected chi connectivity index (χ3v) is 3.36. The monoisotopic (exact) mass is 395 g/mol. The first-order chi connectivity index (χ1) is 13.4. The van der Waals surface area contributed by atoms with Crippen molar-refractivity contribution in [3.05, 3.63) is 23.8 Å². The molecule has 0 unspecified atom stereocenters. The Balaban J connectivity index is 2.78. The van der Waals surface area contributed by atoms with Crippen molar-refractivity contribution in [3.63, 3.8) is 0 Å². The van der Waals surface area contributed by atoms with Gasteiger partial charge in [-0.05, 0) is 25.1 Å². The van der Waals surface area contributed by atoms with Crippen LogP contribution in [0.5, 0.6) is 11.5 Å². The molecule has 0 fully saturated rings. The molecule has 150 valence electrons. The quantitative estimate of drug-likeness (QED) is 0.529. The van der Waals surface area contributed by atoms with Gasteiger partial charge in [0.05, 0.1) is 37.2 Å². The zero-order valence-corrected chi connectivity index (χ0v) is 15.2. The smallest absolute Gasteiger partial charge is 0.387 e. The van der Waals surface area contributed by atoms with Gasteiger partial charge in [0, 0.05) is 13.1 Å². The Kier molecular flexibility index (Phi) is 9.76. The summed E-state index contributed by atoms with van der Waals surface area (Å²) in [6.45, 7) is -1.63. The van der Waals surface area contributed by atoms with Crippen LogP contribution in [0.15, 0.2) is 18.2 Å². The largest absolute Gasteiger partial charge is 0.490 e. The fourth-order valence-electron chi connectivity index (χ4n) is 2.13. The van der Waals surface area contributed by atoms with Gasteiger partial charge in [-0.3, -0.25) is 4.79 Å². The summed E-state index contributed by atoms with van der Waals surface area (Å²) < 4.78 is 39.3. The van der Waals surface area contributed by atoms with Gasteiger partial charge >= 0.3 is 12.6 Å². The third-order valence-electron chi connectivity index (χ3n) is 3.36. The van der Waals surface area contributed by atoms with Crippen LogP contribution in [-0.2, 0) is 9.53 Å². The Labute approximate surface area is 160 Å². The number of nitrogens with zero attached hydrogens (tertiary/aromatic N) is 3. The first-order valence-electron chi connectivity index (χ1n) is 8.33. The second-order valence-electron chi connectivity index (χ2n) is 5.25. The number of halogens is 2. The van der Waals surface area contributed by atoms with Gasteiger partial charge < -0.3 is 19.1 Å². The molecule has 0 bridgehead atoms. The standard InChI is InChI=1S/C18H19F2N3O5/c1-2-26-15-11-13(5-6-14(15)28-18(19)20)17(25)27-12-16(24)23(9-3-7-21)10-4-8-22/h5-6,11,18H,2-4,9-10,12H2,1H3. The zero-order chi connectivity index (χ0) is 20.9. The van der Waals surface area contributed by atoms with Crippen LogP contribution in [-0.4, -0.2) is 49.7 Å². The van der Waals surface area contributed by atoms with E-state index in [1.807, 2.05) is 12.1 Å². The van der Waals surface area contributed by atoms with E-state index in [-0.39, 0.29) is 49.6 Å². The van der Waals surface area contributed by atoms with E-state index in [1.54, 1.807) is 6.92 Å². The topological polar surface area (TPSA) is 113 Å². The lowest BCUT2D eigenvalue weighted by Gasteiger charge is -2.20. The molecule has 0 aliphatic heterocycles. The Bertz CT molecular complexity index is 741. The first-order valence-corrected chi connectivity index (χ1v) is 8.33. The number of benzene rings is 1. The average molecular weight is 395 g/mol. The molecule has 0 N–H and O–H groups in total. The van der Waals surface area contributed by atoms with Crippen LogP contribution in [0.1, 0.15) is 30.1 Å². The second kappa shape index (κ2) is 12.1. The van der Waals surface area contributed by atoms with E-state index in [4.69, 9.17) is 20.0 Å². The molecule has 0 saturated heterocycles. The first kappa shape index (κ1) is 22.6. The Morgan fingerprint density at radius 1 is 1.14 bits per heavy atom.